The van der Waals surface area contributed by atoms with Gasteiger partial charge >= 0.3 is 0 Å². The van der Waals surface area contributed by atoms with Crippen molar-refractivity contribution < 1.29 is 4.74 Å². The second kappa shape index (κ2) is 5.83. The van der Waals surface area contributed by atoms with Crippen LogP contribution >= 0.6 is 0 Å². The first-order valence-electron chi connectivity index (χ1n) is 6.15. The summed E-state index contributed by atoms with van der Waals surface area (Å²) >= 11 is 0. The molecule has 3 nitrogen and oxygen atoms in total. The lowest BCUT2D eigenvalue weighted by atomic mass is 9.89. The number of nitrogens with zero attached hydrogens (tertiary/aromatic N) is 1. The van der Waals surface area contributed by atoms with Crippen LogP contribution in [0, 0.1) is 0 Å². The van der Waals surface area contributed by atoms with Crippen molar-refractivity contribution in [2.75, 3.05) is 26.7 Å². The predicted octanol–water partition coefficient (Wildman–Crippen LogP) is 1.61. The lowest BCUT2D eigenvalue weighted by Gasteiger charge is -2.41. The van der Waals surface area contributed by atoms with Crippen LogP contribution in [0.1, 0.15) is 39.5 Å². The number of rotatable bonds is 5. The van der Waals surface area contributed by atoms with E-state index in [-0.39, 0.29) is 5.60 Å². The number of ether oxygens (including phenoxy) is 1. The van der Waals surface area contributed by atoms with Gasteiger partial charge in [-0.2, -0.15) is 0 Å². The zero-order valence-corrected chi connectivity index (χ0v) is 10.5. The fourth-order valence-corrected chi connectivity index (χ4v) is 2.25. The van der Waals surface area contributed by atoms with E-state index in [1.807, 2.05) is 0 Å². The molecule has 1 rings (SSSR count). The predicted molar refractivity (Wildman–Crippen MR) is 64.0 cm³/mol. The van der Waals surface area contributed by atoms with Gasteiger partial charge in [0, 0.05) is 12.6 Å². The average Bonchev–Trinajstić information content (AvgIpc) is 2.26. The van der Waals surface area contributed by atoms with Crippen LogP contribution in [-0.2, 0) is 4.74 Å². The maximum atomic E-state index is 5.85. The Morgan fingerprint density at radius 1 is 1.53 bits per heavy atom. The van der Waals surface area contributed by atoms with Crippen molar-refractivity contribution >= 4 is 0 Å². The van der Waals surface area contributed by atoms with Gasteiger partial charge in [-0.15, -0.1) is 0 Å². The molecule has 1 saturated heterocycles. The molecule has 15 heavy (non-hydrogen) atoms. The molecule has 0 aromatic carbocycles. The highest BCUT2D eigenvalue weighted by Crippen LogP contribution is 2.29. The zero-order valence-electron chi connectivity index (χ0n) is 10.5. The summed E-state index contributed by atoms with van der Waals surface area (Å²) < 4.78 is 5.85. The van der Waals surface area contributed by atoms with Crippen molar-refractivity contribution in [1.29, 1.82) is 0 Å². The van der Waals surface area contributed by atoms with Crippen LogP contribution in [0.4, 0.5) is 0 Å². The summed E-state index contributed by atoms with van der Waals surface area (Å²) in [5, 5.41) is 0. The Kier molecular flexibility index (Phi) is 5.03. The van der Waals surface area contributed by atoms with Gasteiger partial charge in [-0.3, -0.25) is 0 Å². The quantitative estimate of drug-likeness (QED) is 0.755. The molecule has 3 heteroatoms. The Hall–Kier alpha value is -0.120. The Balaban J connectivity index is 2.41. The third-order valence-corrected chi connectivity index (χ3v) is 3.66. The minimum Gasteiger partial charge on any atom is -0.375 e. The Bertz CT molecular complexity index is 186. The van der Waals surface area contributed by atoms with E-state index in [1.165, 1.54) is 0 Å². The molecule has 1 fully saturated rings. The Morgan fingerprint density at radius 2 is 2.27 bits per heavy atom. The molecule has 2 unspecified atom stereocenters. The van der Waals surface area contributed by atoms with Crippen molar-refractivity contribution in [2.24, 2.45) is 5.73 Å². The third-order valence-electron chi connectivity index (χ3n) is 3.66. The van der Waals surface area contributed by atoms with Gasteiger partial charge < -0.3 is 15.4 Å². The highest BCUT2D eigenvalue weighted by molar-refractivity contribution is 4.86. The van der Waals surface area contributed by atoms with Crippen LogP contribution in [0.15, 0.2) is 0 Å². The van der Waals surface area contributed by atoms with Gasteiger partial charge in [0.15, 0.2) is 0 Å². The second-order valence-corrected chi connectivity index (χ2v) is 4.92. The van der Waals surface area contributed by atoms with E-state index in [0.717, 1.165) is 45.4 Å². The second-order valence-electron chi connectivity index (χ2n) is 4.92. The first kappa shape index (κ1) is 12.9. The fraction of sp³-hybridized carbons (Fsp3) is 1.00. The van der Waals surface area contributed by atoms with E-state index >= 15 is 0 Å². The van der Waals surface area contributed by atoms with Crippen molar-refractivity contribution in [3.8, 4) is 0 Å². The molecule has 0 aliphatic carbocycles. The topological polar surface area (TPSA) is 38.5 Å². The average molecular weight is 214 g/mol. The summed E-state index contributed by atoms with van der Waals surface area (Å²) in [5.74, 6) is 0. The van der Waals surface area contributed by atoms with Crippen molar-refractivity contribution in [3.63, 3.8) is 0 Å². The molecule has 0 aromatic heterocycles. The summed E-state index contributed by atoms with van der Waals surface area (Å²) in [7, 11) is 2.21. The van der Waals surface area contributed by atoms with Crippen LogP contribution in [-0.4, -0.2) is 43.3 Å². The first-order chi connectivity index (χ1) is 7.11. The van der Waals surface area contributed by atoms with E-state index in [2.05, 4.69) is 25.8 Å². The van der Waals surface area contributed by atoms with Gasteiger partial charge in [0.05, 0.1) is 5.60 Å². The van der Waals surface area contributed by atoms with Crippen LogP contribution in [0.5, 0.6) is 0 Å². The van der Waals surface area contributed by atoms with Crippen LogP contribution in [0.25, 0.3) is 0 Å². The van der Waals surface area contributed by atoms with Gasteiger partial charge in [-0.1, -0.05) is 6.92 Å². The molecule has 0 radical (unpaired) electrons. The maximum Gasteiger partial charge on any atom is 0.0666 e. The zero-order chi connectivity index (χ0) is 11.3. The summed E-state index contributed by atoms with van der Waals surface area (Å²) in [5.41, 5.74) is 5.63. The van der Waals surface area contributed by atoms with Gasteiger partial charge in [-0.25, -0.2) is 0 Å². The molecule has 1 aliphatic heterocycles. The normalized spacial score (nSPS) is 32.2. The van der Waals surface area contributed by atoms with E-state index in [9.17, 15) is 0 Å². The standard InChI is InChI=1S/C12H26N2O/c1-4-12(2)10-11(6-9-15-12)14(3)8-5-7-13/h11H,4-10,13H2,1-3H3. The van der Waals surface area contributed by atoms with Gasteiger partial charge in [0.2, 0.25) is 0 Å². The molecule has 0 spiro atoms. The molecular weight excluding hydrogens is 188 g/mol. The molecule has 0 aromatic rings. The monoisotopic (exact) mass is 214 g/mol. The maximum absolute atomic E-state index is 5.85. The highest BCUT2D eigenvalue weighted by Gasteiger charge is 2.33. The summed E-state index contributed by atoms with van der Waals surface area (Å²) in [6.07, 6.45) is 4.52. The van der Waals surface area contributed by atoms with Crippen molar-refractivity contribution in [3.05, 3.63) is 0 Å². The number of hydrogen-bond donors (Lipinski definition) is 1. The Labute approximate surface area is 94.0 Å². The van der Waals surface area contributed by atoms with Crippen molar-refractivity contribution in [2.45, 2.75) is 51.2 Å². The molecule has 0 amide bonds. The first-order valence-corrected chi connectivity index (χ1v) is 6.15. The van der Waals surface area contributed by atoms with Crippen LogP contribution in [0.3, 0.4) is 0 Å². The SMILES string of the molecule is CCC1(C)CC(N(C)CCCN)CCO1. The molecule has 2 N–H and O–H groups in total. The fourth-order valence-electron chi connectivity index (χ4n) is 2.25. The van der Waals surface area contributed by atoms with E-state index in [0.29, 0.717) is 6.04 Å². The minimum atomic E-state index is 0.0971. The molecule has 0 bridgehead atoms. The van der Waals surface area contributed by atoms with Crippen LogP contribution < -0.4 is 5.73 Å². The van der Waals surface area contributed by atoms with E-state index < -0.39 is 0 Å². The number of hydrogen-bond acceptors (Lipinski definition) is 3. The molecule has 0 saturated carbocycles. The smallest absolute Gasteiger partial charge is 0.0666 e. The van der Waals surface area contributed by atoms with Gasteiger partial charge in [-0.05, 0) is 52.7 Å². The molecule has 1 aliphatic rings. The summed E-state index contributed by atoms with van der Waals surface area (Å²) in [6.45, 7) is 7.25. The summed E-state index contributed by atoms with van der Waals surface area (Å²) in [6, 6.07) is 0.676. The largest absolute Gasteiger partial charge is 0.375 e. The summed E-state index contributed by atoms with van der Waals surface area (Å²) in [4.78, 5) is 2.45. The van der Waals surface area contributed by atoms with Crippen molar-refractivity contribution in [1.82, 2.24) is 4.90 Å². The van der Waals surface area contributed by atoms with E-state index in [4.69, 9.17) is 10.5 Å². The number of nitrogens with two attached hydrogens (primary N) is 1. The molecule has 1 heterocycles. The highest BCUT2D eigenvalue weighted by atomic mass is 16.5. The molecule has 2 atom stereocenters. The lowest BCUT2D eigenvalue weighted by molar-refractivity contribution is -0.0935. The van der Waals surface area contributed by atoms with Gasteiger partial charge in [0.25, 0.3) is 0 Å². The molecule has 90 valence electrons. The third kappa shape index (κ3) is 3.74. The Morgan fingerprint density at radius 3 is 2.87 bits per heavy atom. The minimum absolute atomic E-state index is 0.0971. The lowest BCUT2D eigenvalue weighted by Crippen LogP contribution is -2.46. The molecular formula is C12H26N2O. The van der Waals surface area contributed by atoms with Crippen LogP contribution in [0.2, 0.25) is 0 Å². The van der Waals surface area contributed by atoms with Gasteiger partial charge in [0.1, 0.15) is 0 Å². The van der Waals surface area contributed by atoms with E-state index in [1.54, 1.807) is 0 Å².